The number of nitrogens with zero attached hydrogens (tertiary/aromatic N) is 1. The van der Waals surface area contributed by atoms with Gasteiger partial charge in [0, 0.05) is 23.5 Å². The fourth-order valence-electron chi connectivity index (χ4n) is 4.34. The Morgan fingerprint density at radius 3 is 2.50 bits per heavy atom. The van der Waals surface area contributed by atoms with E-state index in [1.165, 1.54) is 17.0 Å². The van der Waals surface area contributed by atoms with Crippen molar-refractivity contribution in [2.24, 2.45) is 0 Å². The number of ether oxygens (including phenoxy) is 2. The van der Waals surface area contributed by atoms with Gasteiger partial charge >= 0.3 is 12.1 Å². The molecule has 4 rings (SSSR count). The van der Waals surface area contributed by atoms with E-state index in [4.69, 9.17) is 13.9 Å². The van der Waals surface area contributed by atoms with Crippen LogP contribution in [-0.4, -0.2) is 47.7 Å². The summed E-state index contributed by atoms with van der Waals surface area (Å²) in [6.07, 6.45) is -0.0660. The highest BCUT2D eigenvalue weighted by atomic mass is 19.1. The van der Waals surface area contributed by atoms with E-state index in [0.29, 0.717) is 29.6 Å². The molecule has 0 unspecified atom stereocenters. The topological polar surface area (TPSA) is 98.1 Å². The summed E-state index contributed by atoms with van der Waals surface area (Å²) in [5.41, 5.74) is 0.968. The molecule has 36 heavy (non-hydrogen) atoms. The van der Waals surface area contributed by atoms with Crippen molar-refractivity contribution in [3.63, 3.8) is 0 Å². The lowest BCUT2D eigenvalue weighted by Gasteiger charge is -2.30. The van der Waals surface area contributed by atoms with E-state index < -0.39 is 29.6 Å². The highest BCUT2D eigenvalue weighted by Crippen LogP contribution is 2.36. The zero-order chi connectivity index (χ0) is 26.0. The van der Waals surface area contributed by atoms with Gasteiger partial charge in [-0.3, -0.25) is 9.69 Å². The highest BCUT2D eigenvalue weighted by molar-refractivity contribution is 6.00. The minimum absolute atomic E-state index is 0.0681. The number of halogens is 1. The monoisotopic (exact) mass is 496 g/mol. The number of nitrogens with one attached hydrogen (secondary N) is 1. The molecular weight excluding hydrogens is 467 g/mol. The van der Waals surface area contributed by atoms with Crippen molar-refractivity contribution in [2.45, 2.75) is 51.7 Å². The second kappa shape index (κ2) is 10.0. The van der Waals surface area contributed by atoms with Crippen LogP contribution >= 0.6 is 0 Å². The molecule has 2 amide bonds. The van der Waals surface area contributed by atoms with E-state index >= 15 is 0 Å². The van der Waals surface area contributed by atoms with Crippen molar-refractivity contribution in [1.29, 1.82) is 0 Å². The number of fused-ring (bicyclic) bond motifs is 1. The molecule has 0 saturated carbocycles. The molecule has 8 nitrogen and oxygen atoms in total. The fourth-order valence-corrected chi connectivity index (χ4v) is 4.34. The van der Waals surface area contributed by atoms with Gasteiger partial charge in [0.25, 0.3) is 0 Å². The average Bonchev–Trinajstić information content (AvgIpc) is 3.43. The van der Waals surface area contributed by atoms with Gasteiger partial charge in [0.2, 0.25) is 11.7 Å². The van der Waals surface area contributed by atoms with Crippen LogP contribution < -0.4 is 5.32 Å². The fraction of sp³-hybridized carbons (Fsp3) is 0.370. The molecule has 1 saturated heterocycles. The Bertz CT molecular complexity index is 1280. The summed E-state index contributed by atoms with van der Waals surface area (Å²) >= 11 is 0. The molecular formula is C27H29FN2O6. The Hall–Kier alpha value is -3.88. The molecule has 3 aromatic rings. The summed E-state index contributed by atoms with van der Waals surface area (Å²) in [6, 6.07) is 11.6. The Balaban J connectivity index is 1.60. The predicted octanol–water partition coefficient (Wildman–Crippen LogP) is 5.48. The maximum atomic E-state index is 13.5. The van der Waals surface area contributed by atoms with Crippen molar-refractivity contribution < 1.29 is 32.7 Å². The van der Waals surface area contributed by atoms with Crippen LogP contribution in [0.4, 0.5) is 14.9 Å². The summed E-state index contributed by atoms with van der Waals surface area (Å²) in [6.45, 7) is 7.53. The molecule has 1 N–H and O–H groups in total. The zero-order valence-electron chi connectivity index (χ0n) is 20.7. The van der Waals surface area contributed by atoms with Crippen LogP contribution in [-0.2, 0) is 14.3 Å². The lowest BCUT2D eigenvalue weighted by atomic mass is 9.91. The molecule has 2 heterocycles. The molecule has 2 atom stereocenters. The summed E-state index contributed by atoms with van der Waals surface area (Å²) < 4.78 is 29.6. The van der Waals surface area contributed by atoms with Crippen molar-refractivity contribution >= 4 is 34.6 Å². The number of hydrogen-bond donors (Lipinski definition) is 1. The van der Waals surface area contributed by atoms with Gasteiger partial charge in [-0.05, 0) is 76.1 Å². The van der Waals surface area contributed by atoms with Crippen LogP contribution in [0.5, 0.6) is 0 Å². The van der Waals surface area contributed by atoms with Crippen LogP contribution in [0, 0.1) is 5.82 Å². The molecule has 1 aromatic heterocycles. The van der Waals surface area contributed by atoms with Crippen LogP contribution in [0.15, 0.2) is 52.9 Å². The minimum Gasteiger partial charge on any atom is -0.460 e. The summed E-state index contributed by atoms with van der Waals surface area (Å²) in [5, 5.41) is 3.49. The number of esters is 1. The molecule has 1 aliphatic heterocycles. The van der Waals surface area contributed by atoms with Gasteiger partial charge in [0.05, 0.1) is 6.61 Å². The van der Waals surface area contributed by atoms with Crippen LogP contribution in [0.3, 0.4) is 0 Å². The van der Waals surface area contributed by atoms with Crippen LogP contribution in [0.25, 0.3) is 11.0 Å². The van der Waals surface area contributed by atoms with Gasteiger partial charge in [0.15, 0.2) is 0 Å². The number of rotatable bonds is 5. The Kier molecular flexibility index (Phi) is 7.01. The van der Waals surface area contributed by atoms with Crippen molar-refractivity contribution in [2.75, 3.05) is 18.5 Å². The maximum absolute atomic E-state index is 13.5. The number of amides is 2. The smallest absolute Gasteiger partial charge is 0.410 e. The van der Waals surface area contributed by atoms with Crippen molar-refractivity contribution in [3.8, 4) is 0 Å². The van der Waals surface area contributed by atoms with Gasteiger partial charge in [-0.25, -0.2) is 14.0 Å². The average molecular weight is 497 g/mol. The first-order valence-electron chi connectivity index (χ1n) is 11.8. The predicted molar refractivity (Wildman–Crippen MR) is 131 cm³/mol. The second-order valence-electron chi connectivity index (χ2n) is 9.64. The molecule has 2 aromatic carbocycles. The number of carbonyl (C=O) groups excluding carboxylic acids is 3. The quantitative estimate of drug-likeness (QED) is 0.470. The first kappa shape index (κ1) is 25.2. The Morgan fingerprint density at radius 1 is 1.11 bits per heavy atom. The zero-order valence-corrected chi connectivity index (χ0v) is 20.7. The van der Waals surface area contributed by atoms with Gasteiger partial charge in [-0.2, -0.15) is 0 Å². The summed E-state index contributed by atoms with van der Waals surface area (Å²) in [7, 11) is 0. The largest absolute Gasteiger partial charge is 0.460 e. The SMILES string of the molecule is CCOC(=O)c1cc2cc(NC(=O)[C@@H]3[C@H](c4ccc(F)cc4)CCN3C(=O)OC(C)(C)C)ccc2o1. The molecule has 0 bridgehead atoms. The molecule has 9 heteroatoms. The van der Waals surface area contributed by atoms with Crippen LogP contribution in [0.2, 0.25) is 0 Å². The van der Waals surface area contributed by atoms with E-state index in [9.17, 15) is 18.8 Å². The molecule has 0 spiro atoms. The van der Waals surface area contributed by atoms with Gasteiger partial charge in [0.1, 0.15) is 23.0 Å². The number of carbonyl (C=O) groups is 3. The molecule has 190 valence electrons. The van der Waals surface area contributed by atoms with Gasteiger partial charge < -0.3 is 19.2 Å². The van der Waals surface area contributed by atoms with Crippen molar-refractivity contribution in [1.82, 2.24) is 4.90 Å². The highest BCUT2D eigenvalue weighted by Gasteiger charge is 2.44. The maximum Gasteiger partial charge on any atom is 0.410 e. The third-order valence-corrected chi connectivity index (χ3v) is 5.85. The lowest BCUT2D eigenvalue weighted by molar-refractivity contribution is -0.120. The minimum atomic E-state index is -0.861. The van der Waals surface area contributed by atoms with E-state index in [1.54, 1.807) is 64.1 Å². The first-order valence-corrected chi connectivity index (χ1v) is 11.8. The number of hydrogen-bond acceptors (Lipinski definition) is 6. The number of likely N-dealkylation sites (tertiary alicyclic amines) is 1. The van der Waals surface area contributed by atoms with Gasteiger partial charge in [-0.15, -0.1) is 0 Å². The summed E-state index contributed by atoms with van der Waals surface area (Å²) in [5.74, 6) is -1.62. The molecule has 0 aliphatic carbocycles. The van der Waals surface area contributed by atoms with E-state index in [0.717, 1.165) is 5.56 Å². The Labute approximate surface area is 208 Å². The first-order chi connectivity index (χ1) is 17.1. The molecule has 1 aliphatic rings. The lowest BCUT2D eigenvalue weighted by Crippen LogP contribution is -2.47. The van der Waals surface area contributed by atoms with E-state index in [2.05, 4.69) is 5.32 Å². The summed E-state index contributed by atoms with van der Waals surface area (Å²) in [4.78, 5) is 39.9. The number of furan rings is 1. The third-order valence-electron chi connectivity index (χ3n) is 5.85. The van der Waals surface area contributed by atoms with Gasteiger partial charge in [-0.1, -0.05) is 12.1 Å². The number of anilines is 1. The molecule has 0 radical (unpaired) electrons. The molecule has 1 fully saturated rings. The standard InChI is InChI=1S/C27H29FN2O6/c1-5-34-25(32)22-15-17-14-19(10-11-21(17)35-22)29-24(31)23-20(16-6-8-18(28)9-7-16)12-13-30(23)26(33)36-27(2,3)4/h6-11,14-15,20,23H,5,12-13H2,1-4H3,(H,29,31)/t20-,23-/m0/s1. The second-order valence-corrected chi connectivity index (χ2v) is 9.64. The van der Waals surface area contributed by atoms with E-state index in [1.807, 2.05) is 0 Å². The third kappa shape index (κ3) is 5.50. The van der Waals surface area contributed by atoms with E-state index in [-0.39, 0.29) is 24.1 Å². The number of benzene rings is 2. The Morgan fingerprint density at radius 2 is 1.83 bits per heavy atom. The van der Waals surface area contributed by atoms with Crippen molar-refractivity contribution in [3.05, 3.63) is 65.7 Å². The van der Waals surface area contributed by atoms with Crippen LogP contribution in [0.1, 0.15) is 56.2 Å². The normalized spacial score (nSPS) is 17.8.